The van der Waals surface area contributed by atoms with Gasteiger partial charge in [-0.1, -0.05) is 39.0 Å². The van der Waals surface area contributed by atoms with Crippen molar-refractivity contribution in [2.75, 3.05) is 40.0 Å². The summed E-state index contributed by atoms with van der Waals surface area (Å²) in [4.78, 5) is 29.8. The van der Waals surface area contributed by atoms with Gasteiger partial charge in [0.1, 0.15) is 5.75 Å². The van der Waals surface area contributed by atoms with E-state index in [1.165, 1.54) is 0 Å². The van der Waals surface area contributed by atoms with E-state index in [9.17, 15) is 9.59 Å². The molecule has 2 aliphatic heterocycles. The van der Waals surface area contributed by atoms with Crippen molar-refractivity contribution in [2.24, 2.45) is 11.3 Å². The SMILES string of the molecule is COCCN1C[C@H]2COc3ccccc3[C@H]2N(C(=O)CC(C)(C)C)CCC1=O. The molecule has 28 heavy (non-hydrogen) atoms. The number of amides is 2. The molecule has 1 aromatic rings. The Hall–Kier alpha value is -2.08. The zero-order chi connectivity index (χ0) is 20.3. The van der Waals surface area contributed by atoms with Crippen LogP contribution in [0.15, 0.2) is 24.3 Å². The lowest BCUT2D eigenvalue weighted by molar-refractivity contribution is -0.143. The maximum Gasteiger partial charge on any atom is 0.224 e. The third-order valence-electron chi connectivity index (χ3n) is 5.41. The third kappa shape index (κ3) is 4.66. The van der Waals surface area contributed by atoms with E-state index >= 15 is 0 Å². The Morgan fingerprint density at radius 2 is 2.04 bits per heavy atom. The highest BCUT2D eigenvalue weighted by atomic mass is 16.5. The molecule has 1 fully saturated rings. The molecule has 2 heterocycles. The summed E-state index contributed by atoms with van der Waals surface area (Å²) < 4.78 is 11.2. The number of rotatable bonds is 4. The van der Waals surface area contributed by atoms with E-state index in [0.29, 0.717) is 45.7 Å². The summed E-state index contributed by atoms with van der Waals surface area (Å²) in [5, 5.41) is 0. The standard InChI is InChI=1S/C22H32N2O4/c1-22(2,3)13-20(26)24-10-9-19(25)23(11-12-27-4)14-16-15-28-18-8-6-5-7-17(18)21(16)24/h5-8,16,21H,9-15H2,1-4H3/t16-,21-/m0/s1. The Labute approximate surface area is 167 Å². The van der Waals surface area contributed by atoms with Crippen LogP contribution < -0.4 is 4.74 Å². The van der Waals surface area contributed by atoms with Gasteiger partial charge in [-0.05, 0) is 11.5 Å². The van der Waals surface area contributed by atoms with Crippen molar-refractivity contribution in [3.05, 3.63) is 29.8 Å². The number of nitrogens with zero attached hydrogens (tertiary/aromatic N) is 2. The molecule has 0 unspecified atom stereocenters. The average Bonchev–Trinajstić information content (AvgIpc) is 2.63. The quantitative estimate of drug-likeness (QED) is 0.796. The van der Waals surface area contributed by atoms with Gasteiger partial charge in [0, 0.05) is 51.1 Å². The molecule has 2 atom stereocenters. The van der Waals surface area contributed by atoms with E-state index in [0.717, 1.165) is 11.3 Å². The molecule has 6 nitrogen and oxygen atoms in total. The molecule has 0 N–H and O–H groups in total. The summed E-state index contributed by atoms with van der Waals surface area (Å²) in [5.74, 6) is 1.06. The van der Waals surface area contributed by atoms with Crippen LogP contribution >= 0.6 is 0 Å². The summed E-state index contributed by atoms with van der Waals surface area (Å²) in [7, 11) is 1.64. The van der Waals surface area contributed by atoms with Crippen LogP contribution in [0, 0.1) is 11.3 Å². The van der Waals surface area contributed by atoms with Gasteiger partial charge in [-0.15, -0.1) is 0 Å². The second kappa shape index (κ2) is 8.52. The second-order valence-corrected chi connectivity index (χ2v) is 8.96. The summed E-state index contributed by atoms with van der Waals surface area (Å²) in [5.41, 5.74) is 0.941. The number of para-hydroxylation sites is 1. The molecule has 0 spiro atoms. The van der Waals surface area contributed by atoms with E-state index in [-0.39, 0.29) is 29.2 Å². The normalized spacial score (nSPS) is 22.6. The lowest BCUT2D eigenvalue weighted by Crippen LogP contribution is -2.52. The van der Waals surface area contributed by atoms with Crippen molar-refractivity contribution in [1.29, 1.82) is 0 Å². The van der Waals surface area contributed by atoms with Crippen LogP contribution in [0.1, 0.15) is 45.2 Å². The average molecular weight is 389 g/mol. The van der Waals surface area contributed by atoms with Crippen LogP contribution in [0.4, 0.5) is 0 Å². The minimum atomic E-state index is -0.103. The van der Waals surface area contributed by atoms with Gasteiger partial charge in [0.05, 0.1) is 19.3 Å². The number of carbonyl (C=O) groups is 2. The zero-order valence-corrected chi connectivity index (χ0v) is 17.4. The van der Waals surface area contributed by atoms with Crippen LogP contribution in [0.3, 0.4) is 0 Å². The van der Waals surface area contributed by atoms with Crippen molar-refractivity contribution in [3.8, 4) is 5.75 Å². The van der Waals surface area contributed by atoms with E-state index in [2.05, 4.69) is 20.8 Å². The van der Waals surface area contributed by atoms with Gasteiger partial charge in [-0.2, -0.15) is 0 Å². The molecule has 0 aromatic heterocycles. The van der Waals surface area contributed by atoms with Gasteiger partial charge in [-0.3, -0.25) is 9.59 Å². The molecule has 3 rings (SSSR count). The van der Waals surface area contributed by atoms with Crippen molar-refractivity contribution in [3.63, 3.8) is 0 Å². The molecule has 0 bridgehead atoms. The fourth-order valence-corrected chi connectivity index (χ4v) is 4.12. The number of methoxy groups -OCH3 is 1. The third-order valence-corrected chi connectivity index (χ3v) is 5.41. The Bertz CT molecular complexity index is 713. The van der Waals surface area contributed by atoms with E-state index in [4.69, 9.17) is 9.47 Å². The van der Waals surface area contributed by atoms with Crippen LogP contribution in [0.5, 0.6) is 5.75 Å². The summed E-state index contributed by atoms with van der Waals surface area (Å²) in [6.07, 6.45) is 0.798. The monoisotopic (exact) mass is 388 g/mol. The van der Waals surface area contributed by atoms with Gasteiger partial charge in [0.25, 0.3) is 0 Å². The Balaban J connectivity index is 1.94. The first kappa shape index (κ1) is 20.6. The highest BCUT2D eigenvalue weighted by Gasteiger charge is 2.41. The first-order valence-corrected chi connectivity index (χ1v) is 10.1. The molecule has 6 heteroatoms. The van der Waals surface area contributed by atoms with Crippen molar-refractivity contribution >= 4 is 11.8 Å². The predicted octanol–water partition coefficient (Wildman–Crippen LogP) is 2.88. The minimum Gasteiger partial charge on any atom is -0.493 e. The highest BCUT2D eigenvalue weighted by molar-refractivity contribution is 5.80. The number of fused-ring (bicyclic) bond motifs is 3. The van der Waals surface area contributed by atoms with E-state index < -0.39 is 0 Å². The van der Waals surface area contributed by atoms with Gasteiger partial charge in [-0.25, -0.2) is 0 Å². The number of ether oxygens (including phenoxy) is 2. The fraction of sp³-hybridized carbons (Fsp3) is 0.636. The molecule has 2 amide bonds. The number of benzene rings is 1. The maximum atomic E-state index is 13.2. The van der Waals surface area contributed by atoms with Crippen LogP contribution in [0.2, 0.25) is 0 Å². The number of hydrogen-bond donors (Lipinski definition) is 0. The maximum absolute atomic E-state index is 13.2. The molecule has 0 saturated carbocycles. The molecular formula is C22H32N2O4. The summed E-state index contributed by atoms with van der Waals surface area (Å²) in [6.45, 7) is 8.79. The van der Waals surface area contributed by atoms with Gasteiger partial charge < -0.3 is 19.3 Å². The largest absolute Gasteiger partial charge is 0.493 e. The lowest BCUT2D eigenvalue weighted by Gasteiger charge is -2.45. The van der Waals surface area contributed by atoms with Crippen molar-refractivity contribution < 1.29 is 19.1 Å². The molecular weight excluding hydrogens is 356 g/mol. The number of hydrogen-bond acceptors (Lipinski definition) is 4. The Morgan fingerprint density at radius 1 is 1.29 bits per heavy atom. The fourth-order valence-electron chi connectivity index (χ4n) is 4.12. The van der Waals surface area contributed by atoms with Crippen molar-refractivity contribution in [2.45, 2.75) is 39.7 Å². The minimum absolute atomic E-state index is 0.0416. The van der Waals surface area contributed by atoms with Gasteiger partial charge in [0.2, 0.25) is 11.8 Å². The van der Waals surface area contributed by atoms with Crippen LogP contribution in [-0.2, 0) is 14.3 Å². The molecule has 0 aliphatic carbocycles. The van der Waals surface area contributed by atoms with Crippen LogP contribution in [-0.4, -0.2) is 61.6 Å². The van der Waals surface area contributed by atoms with Crippen molar-refractivity contribution in [1.82, 2.24) is 9.80 Å². The topological polar surface area (TPSA) is 59.1 Å². The van der Waals surface area contributed by atoms with Gasteiger partial charge in [0.15, 0.2) is 0 Å². The van der Waals surface area contributed by atoms with Crippen LogP contribution in [0.25, 0.3) is 0 Å². The van der Waals surface area contributed by atoms with E-state index in [1.807, 2.05) is 34.1 Å². The molecule has 1 saturated heterocycles. The summed E-state index contributed by atoms with van der Waals surface area (Å²) in [6, 6.07) is 7.89. The predicted molar refractivity (Wildman–Crippen MR) is 107 cm³/mol. The van der Waals surface area contributed by atoms with Gasteiger partial charge >= 0.3 is 0 Å². The lowest BCUT2D eigenvalue weighted by atomic mass is 9.85. The summed E-state index contributed by atoms with van der Waals surface area (Å²) >= 11 is 0. The van der Waals surface area contributed by atoms with E-state index in [1.54, 1.807) is 7.11 Å². The second-order valence-electron chi connectivity index (χ2n) is 8.96. The Morgan fingerprint density at radius 3 is 2.75 bits per heavy atom. The molecule has 154 valence electrons. The molecule has 0 radical (unpaired) electrons. The first-order valence-electron chi connectivity index (χ1n) is 10.1. The highest BCUT2D eigenvalue weighted by Crippen LogP contribution is 2.41. The zero-order valence-electron chi connectivity index (χ0n) is 17.4. The molecule has 1 aromatic carbocycles. The smallest absolute Gasteiger partial charge is 0.224 e. The molecule has 2 aliphatic rings. The number of carbonyl (C=O) groups excluding carboxylic acids is 2. The first-order chi connectivity index (χ1) is 13.3. The Kier molecular flexibility index (Phi) is 6.28.